The number of H-pyrrole nitrogens is 1. The van der Waals surface area contributed by atoms with Crippen LogP contribution in [0.5, 0.6) is 0 Å². The molecule has 0 radical (unpaired) electrons. The van der Waals surface area contributed by atoms with Gasteiger partial charge in [0.1, 0.15) is 0 Å². The zero-order chi connectivity index (χ0) is 16.8. The maximum absolute atomic E-state index is 12.2. The molecule has 1 aliphatic rings. The topological polar surface area (TPSA) is 82.2 Å². The number of aliphatic carboxylic acids is 1. The number of amides is 1. The molecule has 0 bridgehead atoms. The minimum Gasteiger partial charge on any atom is -0.481 e. The highest BCUT2D eigenvalue weighted by Gasteiger charge is 2.65. The molecule has 23 heavy (non-hydrogen) atoms. The van der Waals surface area contributed by atoms with Gasteiger partial charge in [-0.2, -0.15) is 0 Å². The molecule has 0 spiro atoms. The highest BCUT2D eigenvalue weighted by molar-refractivity contribution is 5.91. The Labute approximate surface area is 135 Å². The van der Waals surface area contributed by atoms with Gasteiger partial charge < -0.3 is 15.4 Å². The number of benzene rings is 1. The van der Waals surface area contributed by atoms with Crippen LogP contribution in [0.4, 0.5) is 0 Å². The maximum atomic E-state index is 12.2. The summed E-state index contributed by atoms with van der Waals surface area (Å²) in [5.74, 6) is -2.04. The molecule has 3 N–H and O–H groups in total. The van der Waals surface area contributed by atoms with Crippen LogP contribution in [0.2, 0.25) is 0 Å². The molecule has 3 rings (SSSR count). The van der Waals surface area contributed by atoms with Crippen LogP contribution in [0.25, 0.3) is 10.9 Å². The maximum Gasteiger partial charge on any atom is 0.307 e. The van der Waals surface area contributed by atoms with Gasteiger partial charge in [0, 0.05) is 23.6 Å². The molecule has 5 nitrogen and oxygen atoms in total. The van der Waals surface area contributed by atoms with Crippen molar-refractivity contribution in [3.8, 4) is 0 Å². The zero-order valence-corrected chi connectivity index (χ0v) is 13.6. The van der Waals surface area contributed by atoms with Gasteiger partial charge >= 0.3 is 5.97 Å². The van der Waals surface area contributed by atoms with Crippen molar-refractivity contribution in [2.45, 2.75) is 27.2 Å². The van der Waals surface area contributed by atoms with Crippen molar-refractivity contribution in [3.05, 3.63) is 35.5 Å². The number of hydrogen-bond acceptors (Lipinski definition) is 2. The third kappa shape index (κ3) is 2.71. The fourth-order valence-electron chi connectivity index (χ4n) is 3.53. The molecule has 2 atom stereocenters. The average Bonchev–Trinajstić information content (AvgIpc) is 2.85. The third-order valence-electron chi connectivity index (χ3n) is 4.99. The normalized spacial score (nSPS) is 22.0. The first-order valence-corrected chi connectivity index (χ1v) is 7.89. The second-order valence-electron chi connectivity index (χ2n) is 7.02. The number of aromatic amines is 1. The Hall–Kier alpha value is -2.30. The number of carbonyl (C=O) groups excluding carboxylic acids is 1. The van der Waals surface area contributed by atoms with Gasteiger partial charge in [0.05, 0.1) is 11.8 Å². The molecule has 0 unspecified atom stereocenters. The second kappa shape index (κ2) is 5.41. The molecule has 1 aliphatic carbocycles. The smallest absolute Gasteiger partial charge is 0.307 e. The first-order chi connectivity index (χ1) is 10.8. The number of carbonyl (C=O) groups is 2. The van der Waals surface area contributed by atoms with E-state index in [1.807, 2.05) is 20.0 Å². The van der Waals surface area contributed by atoms with Crippen LogP contribution >= 0.6 is 0 Å². The summed E-state index contributed by atoms with van der Waals surface area (Å²) in [4.78, 5) is 26.6. The van der Waals surface area contributed by atoms with Gasteiger partial charge in [-0.05, 0) is 36.0 Å². The highest BCUT2D eigenvalue weighted by atomic mass is 16.4. The van der Waals surface area contributed by atoms with Crippen LogP contribution in [0.3, 0.4) is 0 Å². The van der Waals surface area contributed by atoms with Crippen LogP contribution in [0, 0.1) is 24.2 Å². The van der Waals surface area contributed by atoms with Crippen molar-refractivity contribution >= 4 is 22.8 Å². The van der Waals surface area contributed by atoms with E-state index in [-0.39, 0.29) is 5.91 Å². The highest BCUT2D eigenvalue weighted by Crippen LogP contribution is 2.58. The molecule has 1 amide bonds. The number of rotatable bonds is 5. The van der Waals surface area contributed by atoms with Gasteiger partial charge in [-0.1, -0.05) is 26.0 Å². The van der Waals surface area contributed by atoms with E-state index in [4.69, 9.17) is 5.11 Å². The molecular formula is C18H22N2O3. The lowest BCUT2D eigenvalue weighted by molar-refractivity contribution is -0.140. The van der Waals surface area contributed by atoms with Crippen LogP contribution in [0.1, 0.15) is 25.0 Å². The number of hydrogen-bond donors (Lipinski definition) is 3. The van der Waals surface area contributed by atoms with Crippen molar-refractivity contribution in [1.29, 1.82) is 0 Å². The van der Waals surface area contributed by atoms with Gasteiger partial charge in [-0.15, -0.1) is 0 Å². The van der Waals surface area contributed by atoms with E-state index in [1.165, 1.54) is 10.9 Å². The lowest BCUT2D eigenvalue weighted by atomic mass is 10.1. The molecular weight excluding hydrogens is 292 g/mol. The monoisotopic (exact) mass is 314 g/mol. The number of aromatic nitrogens is 1. The summed E-state index contributed by atoms with van der Waals surface area (Å²) in [5.41, 5.74) is 3.01. The Morgan fingerprint density at radius 2 is 2.04 bits per heavy atom. The second-order valence-corrected chi connectivity index (χ2v) is 7.02. The summed E-state index contributed by atoms with van der Waals surface area (Å²) in [7, 11) is 0. The van der Waals surface area contributed by atoms with E-state index in [0.717, 1.165) is 17.5 Å². The van der Waals surface area contributed by atoms with Gasteiger partial charge in [0.25, 0.3) is 0 Å². The summed E-state index contributed by atoms with van der Waals surface area (Å²) in [6, 6.07) is 6.26. The van der Waals surface area contributed by atoms with Crippen molar-refractivity contribution in [2.24, 2.45) is 17.3 Å². The molecule has 0 aliphatic heterocycles. The Balaban J connectivity index is 1.59. The van der Waals surface area contributed by atoms with Gasteiger partial charge in [-0.3, -0.25) is 9.59 Å². The predicted octanol–water partition coefficient (Wildman–Crippen LogP) is 2.49. The Kier molecular flexibility index (Phi) is 3.66. The van der Waals surface area contributed by atoms with Crippen molar-refractivity contribution < 1.29 is 14.7 Å². The van der Waals surface area contributed by atoms with Crippen LogP contribution in [-0.2, 0) is 16.0 Å². The third-order valence-corrected chi connectivity index (χ3v) is 4.99. The van der Waals surface area contributed by atoms with Crippen LogP contribution in [0.15, 0.2) is 24.4 Å². The first-order valence-electron chi connectivity index (χ1n) is 7.89. The zero-order valence-electron chi connectivity index (χ0n) is 13.6. The Morgan fingerprint density at radius 1 is 1.30 bits per heavy atom. The summed E-state index contributed by atoms with van der Waals surface area (Å²) in [6.07, 6.45) is 2.69. The number of carboxylic acids is 1. The summed E-state index contributed by atoms with van der Waals surface area (Å²) in [5, 5.41) is 13.2. The molecule has 1 heterocycles. The van der Waals surface area contributed by atoms with E-state index in [0.29, 0.717) is 6.54 Å². The molecule has 122 valence electrons. The predicted molar refractivity (Wildman–Crippen MR) is 88.1 cm³/mol. The van der Waals surface area contributed by atoms with E-state index in [2.05, 4.69) is 35.4 Å². The lowest BCUT2D eigenvalue weighted by Gasteiger charge is -2.06. The van der Waals surface area contributed by atoms with Crippen LogP contribution in [-0.4, -0.2) is 28.5 Å². The van der Waals surface area contributed by atoms with Crippen LogP contribution < -0.4 is 5.32 Å². The first kappa shape index (κ1) is 15.6. The van der Waals surface area contributed by atoms with Crippen molar-refractivity contribution in [1.82, 2.24) is 10.3 Å². The minimum atomic E-state index is -0.887. The molecule has 2 aromatic rings. The number of fused-ring (bicyclic) bond motifs is 1. The summed E-state index contributed by atoms with van der Waals surface area (Å²) >= 11 is 0. The number of aryl methyl sites for hydroxylation is 1. The molecule has 1 aromatic carbocycles. The summed E-state index contributed by atoms with van der Waals surface area (Å²) in [6.45, 7) is 6.23. The van der Waals surface area contributed by atoms with Gasteiger partial charge in [0.2, 0.25) is 5.91 Å². The van der Waals surface area contributed by atoms with E-state index >= 15 is 0 Å². The molecule has 1 saturated carbocycles. The average molecular weight is 314 g/mol. The van der Waals surface area contributed by atoms with E-state index in [9.17, 15) is 9.59 Å². The lowest BCUT2D eigenvalue weighted by Crippen LogP contribution is -2.29. The Bertz CT molecular complexity index is 776. The molecule has 0 saturated heterocycles. The molecule has 1 aromatic heterocycles. The van der Waals surface area contributed by atoms with E-state index < -0.39 is 23.2 Å². The SMILES string of the molecule is Cc1ccc2c(CCNC(=O)[C@@H]3[C@H](C(=O)O)C3(C)C)c[nH]c2c1. The largest absolute Gasteiger partial charge is 0.481 e. The fraction of sp³-hybridized carbons (Fsp3) is 0.444. The fourth-order valence-corrected chi connectivity index (χ4v) is 3.53. The molecule has 1 fully saturated rings. The number of nitrogens with one attached hydrogen (secondary N) is 2. The van der Waals surface area contributed by atoms with Crippen molar-refractivity contribution in [3.63, 3.8) is 0 Å². The number of carboxylic acid groups (broad SMARTS) is 1. The Morgan fingerprint density at radius 3 is 2.70 bits per heavy atom. The van der Waals surface area contributed by atoms with E-state index in [1.54, 1.807) is 0 Å². The minimum absolute atomic E-state index is 0.155. The van der Waals surface area contributed by atoms with Gasteiger partial charge in [-0.25, -0.2) is 0 Å². The standard InChI is InChI=1S/C18H22N2O3/c1-10-4-5-12-11(9-20-13(12)8-10)6-7-19-16(21)14-15(17(22)23)18(14,2)3/h4-5,8-9,14-15,20H,6-7H2,1-3H3,(H,19,21)(H,22,23)/t14-,15+/m0/s1. The quantitative estimate of drug-likeness (QED) is 0.793. The summed E-state index contributed by atoms with van der Waals surface area (Å²) < 4.78 is 0. The molecule has 5 heteroatoms. The van der Waals surface area contributed by atoms with Gasteiger partial charge in [0.15, 0.2) is 0 Å². The van der Waals surface area contributed by atoms with Crippen molar-refractivity contribution in [2.75, 3.05) is 6.54 Å².